The van der Waals surface area contributed by atoms with Crippen LogP contribution in [0, 0.1) is 11.2 Å². The van der Waals surface area contributed by atoms with Crippen LogP contribution >= 0.6 is 11.6 Å². The maximum Gasteiger partial charge on any atom is 0.141 e. The Labute approximate surface area is 106 Å². The lowest BCUT2D eigenvalue weighted by Gasteiger charge is -2.42. The van der Waals surface area contributed by atoms with Crippen molar-refractivity contribution in [3.8, 4) is 0 Å². The van der Waals surface area contributed by atoms with Gasteiger partial charge in [0.05, 0.1) is 11.1 Å². The number of nitrogens with zero attached hydrogens (tertiary/aromatic N) is 1. The van der Waals surface area contributed by atoms with E-state index in [1.165, 1.54) is 6.07 Å². The average Bonchev–Trinajstić information content (AvgIpc) is 2.26. The fourth-order valence-electron chi connectivity index (χ4n) is 2.05. The van der Waals surface area contributed by atoms with Crippen LogP contribution in [0.1, 0.15) is 20.3 Å². The van der Waals surface area contributed by atoms with Crippen LogP contribution in [0.3, 0.4) is 0 Å². The molecule has 0 radical (unpaired) electrons. The molecule has 94 valence electrons. The standard InChI is InChI=1S/C13H17ClFNO/c1-13(2)5-6-16(8-12(13)17)9-3-4-11(15)10(14)7-9/h3-4,7,12,17H,5-6,8H2,1-2H3. The molecule has 1 saturated heterocycles. The minimum absolute atomic E-state index is 0.0552. The van der Waals surface area contributed by atoms with Crippen LogP contribution in [0.4, 0.5) is 10.1 Å². The zero-order chi connectivity index (χ0) is 12.6. The molecule has 2 nitrogen and oxygen atoms in total. The van der Waals surface area contributed by atoms with E-state index in [1.54, 1.807) is 12.1 Å². The largest absolute Gasteiger partial charge is 0.391 e. The first kappa shape index (κ1) is 12.7. The highest BCUT2D eigenvalue weighted by molar-refractivity contribution is 6.31. The van der Waals surface area contributed by atoms with Crippen molar-refractivity contribution in [2.45, 2.75) is 26.4 Å². The van der Waals surface area contributed by atoms with Crippen molar-refractivity contribution in [3.05, 3.63) is 29.0 Å². The number of aliphatic hydroxyl groups is 1. The minimum atomic E-state index is -0.409. The fraction of sp³-hybridized carbons (Fsp3) is 0.538. The maximum absolute atomic E-state index is 13.1. The van der Waals surface area contributed by atoms with Crippen LogP contribution in [-0.2, 0) is 0 Å². The smallest absolute Gasteiger partial charge is 0.141 e. The highest BCUT2D eigenvalue weighted by Crippen LogP contribution is 2.33. The highest BCUT2D eigenvalue weighted by atomic mass is 35.5. The summed E-state index contributed by atoms with van der Waals surface area (Å²) in [6.07, 6.45) is 0.531. The third kappa shape index (κ3) is 2.55. The predicted octanol–water partition coefficient (Wildman–Crippen LogP) is 3.08. The van der Waals surface area contributed by atoms with E-state index >= 15 is 0 Å². The Balaban J connectivity index is 2.17. The Morgan fingerprint density at radius 1 is 1.47 bits per heavy atom. The molecule has 0 aromatic heterocycles. The molecule has 1 aromatic carbocycles. The van der Waals surface area contributed by atoms with E-state index in [-0.39, 0.29) is 16.5 Å². The van der Waals surface area contributed by atoms with Crippen LogP contribution in [-0.4, -0.2) is 24.3 Å². The number of halogens is 2. The van der Waals surface area contributed by atoms with Crippen molar-refractivity contribution in [2.75, 3.05) is 18.0 Å². The molecule has 1 aromatic rings. The van der Waals surface area contributed by atoms with Crippen LogP contribution in [0.2, 0.25) is 5.02 Å². The second kappa shape index (κ2) is 4.46. The van der Waals surface area contributed by atoms with Gasteiger partial charge in [0.1, 0.15) is 5.82 Å². The van der Waals surface area contributed by atoms with Gasteiger partial charge in [-0.15, -0.1) is 0 Å². The summed E-state index contributed by atoms with van der Waals surface area (Å²) in [5.74, 6) is -0.409. The number of benzene rings is 1. The lowest BCUT2D eigenvalue weighted by molar-refractivity contribution is 0.0351. The van der Waals surface area contributed by atoms with Gasteiger partial charge < -0.3 is 10.0 Å². The summed E-state index contributed by atoms with van der Waals surface area (Å²) in [4.78, 5) is 2.04. The quantitative estimate of drug-likeness (QED) is 0.836. The summed E-state index contributed by atoms with van der Waals surface area (Å²) < 4.78 is 13.1. The molecule has 0 aliphatic carbocycles. The van der Waals surface area contributed by atoms with Gasteiger partial charge >= 0.3 is 0 Å². The zero-order valence-corrected chi connectivity index (χ0v) is 10.8. The van der Waals surface area contributed by atoms with Crippen LogP contribution in [0.5, 0.6) is 0 Å². The molecule has 1 aliphatic heterocycles. The van der Waals surface area contributed by atoms with Gasteiger partial charge in [-0.2, -0.15) is 0 Å². The Bertz CT molecular complexity index is 422. The van der Waals surface area contributed by atoms with Gasteiger partial charge in [0.15, 0.2) is 0 Å². The first-order valence-electron chi connectivity index (χ1n) is 5.78. The van der Waals surface area contributed by atoms with E-state index in [9.17, 15) is 9.50 Å². The molecule has 0 amide bonds. The summed E-state index contributed by atoms with van der Waals surface area (Å²) >= 11 is 5.76. The molecule has 4 heteroatoms. The Morgan fingerprint density at radius 2 is 2.18 bits per heavy atom. The number of rotatable bonds is 1. The van der Waals surface area contributed by atoms with Gasteiger partial charge in [-0.05, 0) is 30.0 Å². The topological polar surface area (TPSA) is 23.5 Å². The van der Waals surface area contributed by atoms with Crippen molar-refractivity contribution in [2.24, 2.45) is 5.41 Å². The molecule has 1 heterocycles. The molecule has 1 atom stereocenters. The van der Waals surface area contributed by atoms with E-state index in [0.29, 0.717) is 6.54 Å². The highest BCUT2D eigenvalue weighted by Gasteiger charge is 2.34. The number of hydrogen-bond donors (Lipinski definition) is 1. The van der Waals surface area contributed by atoms with Crippen molar-refractivity contribution >= 4 is 17.3 Å². The fourth-order valence-corrected chi connectivity index (χ4v) is 2.23. The van der Waals surface area contributed by atoms with Gasteiger partial charge in [0, 0.05) is 18.8 Å². The van der Waals surface area contributed by atoms with E-state index in [1.807, 2.05) is 4.90 Å². The van der Waals surface area contributed by atoms with Crippen molar-refractivity contribution in [1.29, 1.82) is 0 Å². The molecular formula is C13H17ClFNO. The molecule has 1 fully saturated rings. The van der Waals surface area contributed by atoms with Crippen molar-refractivity contribution < 1.29 is 9.50 Å². The van der Waals surface area contributed by atoms with Crippen molar-refractivity contribution in [1.82, 2.24) is 0 Å². The Morgan fingerprint density at radius 3 is 2.76 bits per heavy atom. The summed E-state index contributed by atoms with van der Waals surface area (Å²) in [7, 11) is 0. The summed E-state index contributed by atoms with van der Waals surface area (Å²) in [5, 5.41) is 10.2. The molecule has 0 saturated carbocycles. The molecule has 17 heavy (non-hydrogen) atoms. The second-order valence-electron chi connectivity index (χ2n) is 5.30. The lowest BCUT2D eigenvalue weighted by Crippen LogP contribution is -2.48. The molecule has 1 N–H and O–H groups in total. The lowest BCUT2D eigenvalue weighted by atomic mass is 9.80. The Kier molecular flexibility index (Phi) is 3.32. The van der Waals surface area contributed by atoms with Gasteiger partial charge in [0.2, 0.25) is 0 Å². The van der Waals surface area contributed by atoms with E-state index in [2.05, 4.69) is 13.8 Å². The van der Waals surface area contributed by atoms with Gasteiger partial charge in [-0.3, -0.25) is 0 Å². The van der Waals surface area contributed by atoms with Crippen LogP contribution in [0.25, 0.3) is 0 Å². The minimum Gasteiger partial charge on any atom is -0.391 e. The van der Waals surface area contributed by atoms with Crippen LogP contribution in [0.15, 0.2) is 18.2 Å². The number of aliphatic hydroxyl groups excluding tert-OH is 1. The summed E-state index contributed by atoms with van der Waals surface area (Å²) in [6.45, 7) is 5.54. The van der Waals surface area contributed by atoms with E-state index in [4.69, 9.17) is 11.6 Å². The molecule has 0 spiro atoms. The van der Waals surface area contributed by atoms with Gasteiger partial charge in [0.25, 0.3) is 0 Å². The Hall–Kier alpha value is -0.800. The predicted molar refractivity (Wildman–Crippen MR) is 68.0 cm³/mol. The van der Waals surface area contributed by atoms with E-state index < -0.39 is 5.82 Å². The monoisotopic (exact) mass is 257 g/mol. The number of anilines is 1. The summed E-state index contributed by atoms with van der Waals surface area (Å²) in [5.41, 5.74) is 0.811. The number of hydrogen-bond acceptors (Lipinski definition) is 2. The number of piperidine rings is 1. The SMILES string of the molecule is CC1(C)CCN(c2ccc(F)c(Cl)c2)CC1O. The normalized spacial score (nSPS) is 23.8. The van der Waals surface area contributed by atoms with Gasteiger partial charge in [-0.1, -0.05) is 25.4 Å². The number of β-amino-alcohol motifs (C(OH)–C–C–N with tert-alkyl or cyclic N) is 1. The van der Waals surface area contributed by atoms with Crippen LogP contribution < -0.4 is 4.90 Å². The molecule has 1 unspecified atom stereocenters. The molecule has 0 bridgehead atoms. The first-order valence-corrected chi connectivity index (χ1v) is 6.16. The molecule has 2 rings (SSSR count). The molecule has 1 aliphatic rings. The third-order valence-corrected chi connectivity index (χ3v) is 3.88. The second-order valence-corrected chi connectivity index (χ2v) is 5.71. The van der Waals surface area contributed by atoms with E-state index in [0.717, 1.165) is 18.7 Å². The third-order valence-electron chi connectivity index (χ3n) is 3.59. The molecular weight excluding hydrogens is 241 g/mol. The van der Waals surface area contributed by atoms with Gasteiger partial charge in [-0.25, -0.2) is 4.39 Å². The zero-order valence-electron chi connectivity index (χ0n) is 10.1. The average molecular weight is 258 g/mol. The summed E-state index contributed by atoms with van der Waals surface area (Å²) in [6, 6.07) is 4.68. The maximum atomic E-state index is 13.1. The first-order chi connectivity index (χ1) is 7.90. The van der Waals surface area contributed by atoms with Crippen molar-refractivity contribution in [3.63, 3.8) is 0 Å².